The highest BCUT2D eigenvalue weighted by Crippen LogP contribution is 2.19. The normalized spacial score (nSPS) is 11.2. The molecule has 0 aliphatic heterocycles. The summed E-state index contributed by atoms with van der Waals surface area (Å²) in [6, 6.07) is 7.81. The molecular weight excluding hydrogens is 236 g/mol. The Bertz CT molecular complexity index is 489. The maximum Gasteiger partial charge on any atom is 0.166 e. The van der Waals surface area contributed by atoms with Gasteiger partial charge < -0.3 is 9.47 Å². The first-order valence-corrected chi connectivity index (χ1v) is 6.22. The smallest absolute Gasteiger partial charge is 0.166 e. The third-order valence-corrected chi connectivity index (χ3v) is 3.25. The summed E-state index contributed by atoms with van der Waals surface area (Å²) in [6.07, 6.45) is 1.56. The van der Waals surface area contributed by atoms with Gasteiger partial charge in [-0.3, -0.25) is 4.98 Å². The van der Waals surface area contributed by atoms with E-state index in [1.54, 1.807) is 32.2 Å². The lowest BCUT2D eigenvalue weighted by atomic mass is 10.3. The van der Waals surface area contributed by atoms with E-state index in [1.807, 2.05) is 24.3 Å². The first kappa shape index (κ1) is 12.3. The molecule has 2 rings (SSSR count). The number of aromatic nitrogens is 2. The summed E-state index contributed by atoms with van der Waals surface area (Å²) in [4.78, 5) is 8.85. The zero-order chi connectivity index (χ0) is 12.1. The Labute approximate surface area is 104 Å². The molecule has 0 bridgehead atoms. The van der Waals surface area contributed by atoms with Crippen LogP contribution in [0.5, 0.6) is 0 Å². The van der Waals surface area contributed by atoms with Crippen molar-refractivity contribution >= 4 is 22.8 Å². The van der Waals surface area contributed by atoms with Crippen molar-refractivity contribution in [2.24, 2.45) is 0 Å². The number of thioether (sulfide) groups is 1. The third-order valence-electron chi connectivity index (χ3n) is 2.32. The summed E-state index contributed by atoms with van der Waals surface area (Å²) in [7, 11) is 3.25. The fraction of sp³-hybridized carbons (Fsp3) is 0.333. The maximum absolute atomic E-state index is 5.12. The lowest BCUT2D eigenvalue weighted by Gasteiger charge is -2.11. The predicted molar refractivity (Wildman–Crippen MR) is 68.1 cm³/mol. The molecule has 0 saturated carbocycles. The third kappa shape index (κ3) is 3.15. The molecule has 4 nitrogen and oxygen atoms in total. The SMILES string of the molecule is COC(CSc1cnc2ccccc2n1)OC. The Morgan fingerprint density at radius 1 is 1.18 bits per heavy atom. The van der Waals surface area contributed by atoms with Gasteiger partial charge >= 0.3 is 0 Å². The summed E-state index contributed by atoms with van der Waals surface area (Å²) in [5, 5.41) is 0.878. The van der Waals surface area contributed by atoms with Gasteiger partial charge in [0.05, 0.1) is 23.0 Å². The molecule has 0 radical (unpaired) electrons. The molecule has 0 unspecified atom stereocenters. The Hall–Kier alpha value is -1.17. The Kier molecular flexibility index (Phi) is 4.30. The van der Waals surface area contributed by atoms with E-state index in [-0.39, 0.29) is 6.29 Å². The molecular formula is C12H14N2O2S. The van der Waals surface area contributed by atoms with Gasteiger partial charge in [0.25, 0.3) is 0 Å². The molecule has 0 aliphatic rings. The van der Waals surface area contributed by atoms with Crippen LogP contribution >= 0.6 is 11.8 Å². The van der Waals surface area contributed by atoms with Gasteiger partial charge in [0.2, 0.25) is 0 Å². The van der Waals surface area contributed by atoms with Crippen LogP contribution < -0.4 is 0 Å². The van der Waals surface area contributed by atoms with E-state index in [1.165, 1.54) is 0 Å². The molecule has 0 spiro atoms. The van der Waals surface area contributed by atoms with Crippen molar-refractivity contribution in [3.05, 3.63) is 30.5 Å². The van der Waals surface area contributed by atoms with Crippen LogP contribution in [0, 0.1) is 0 Å². The van der Waals surface area contributed by atoms with Crippen LogP contribution in [-0.2, 0) is 9.47 Å². The monoisotopic (exact) mass is 250 g/mol. The van der Waals surface area contributed by atoms with Crippen molar-refractivity contribution in [3.63, 3.8) is 0 Å². The van der Waals surface area contributed by atoms with Crippen LogP contribution in [0.4, 0.5) is 0 Å². The van der Waals surface area contributed by atoms with Gasteiger partial charge in [-0.05, 0) is 12.1 Å². The van der Waals surface area contributed by atoms with E-state index < -0.39 is 0 Å². The second-order valence-electron chi connectivity index (χ2n) is 3.41. The average Bonchev–Trinajstić information content (AvgIpc) is 2.40. The molecule has 0 fully saturated rings. The fourth-order valence-electron chi connectivity index (χ4n) is 1.40. The highest BCUT2D eigenvalue weighted by Gasteiger charge is 2.07. The van der Waals surface area contributed by atoms with E-state index in [0.717, 1.165) is 16.1 Å². The number of hydrogen-bond donors (Lipinski definition) is 0. The molecule has 0 N–H and O–H groups in total. The van der Waals surface area contributed by atoms with Crippen molar-refractivity contribution in [1.29, 1.82) is 0 Å². The number of ether oxygens (including phenoxy) is 2. The standard InChI is InChI=1S/C12H14N2O2S/c1-15-12(16-2)8-17-11-7-13-9-5-3-4-6-10(9)14-11/h3-7,12H,8H2,1-2H3. The molecule has 0 aliphatic carbocycles. The minimum Gasteiger partial charge on any atom is -0.355 e. The lowest BCUT2D eigenvalue weighted by molar-refractivity contribution is -0.0842. The van der Waals surface area contributed by atoms with E-state index in [4.69, 9.17) is 9.47 Å². The van der Waals surface area contributed by atoms with Crippen molar-refractivity contribution in [2.75, 3.05) is 20.0 Å². The number of para-hydroxylation sites is 2. The fourth-order valence-corrected chi connectivity index (χ4v) is 2.26. The molecule has 5 heteroatoms. The van der Waals surface area contributed by atoms with Gasteiger partial charge in [-0.2, -0.15) is 0 Å². The van der Waals surface area contributed by atoms with Gasteiger partial charge in [-0.25, -0.2) is 4.98 Å². The lowest BCUT2D eigenvalue weighted by Crippen LogP contribution is -2.15. The molecule has 1 aromatic carbocycles. The summed E-state index contributed by atoms with van der Waals surface area (Å²) in [5.74, 6) is 0.694. The minimum absolute atomic E-state index is 0.215. The number of fused-ring (bicyclic) bond motifs is 1. The van der Waals surface area contributed by atoms with Gasteiger partial charge in [-0.1, -0.05) is 23.9 Å². The number of nitrogens with zero attached hydrogens (tertiary/aromatic N) is 2. The van der Waals surface area contributed by atoms with Gasteiger partial charge in [0.15, 0.2) is 6.29 Å². The molecule has 1 heterocycles. The number of methoxy groups -OCH3 is 2. The van der Waals surface area contributed by atoms with Crippen LogP contribution in [0.3, 0.4) is 0 Å². The second-order valence-corrected chi connectivity index (χ2v) is 4.45. The van der Waals surface area contributed by atoms with Crippen LogP contribution in [0.1, 0.15) is 0 Å². The Morgan fingerprint density at radius 3 is 2.59 bits per heavy atom. The molecule has 1 aromatic heterocycles. The predicted octanol–water partition coefficient (Wildman–Crippen LogP) is 2.34. The zero-order valence-electron chi connectivity index (χ0n) is 9.79. The van der Waals surface area contributed by atoms with Gasteiger partial charge in [0, 0.05) is 14.2 Å². The molecule has 0 saturated heterocycles. The summed E-state index contributed by atoms with van der Waals surface area (Å²) in [5.41, 5.74) is 1.82. The highest BCUT2D eigenvalue weighted by molar-refractivity contribution is 7.99. The summed E-state index contributed by atoms with van der Waals surface area (Å²) in [6.45, 7) is 0. The summed E-state index contributed by atoms with van der Waals surface area (Å²) < 4.78 is 10.2. The minimum atomic E-state index is -0.215. The Morgan fingerprint density at radius 2 is 1.88 bits per heavy atom. The van der Waals surface area contributed by atoms with Crippen molar-refractivity contribution in [2.45, 2.75) is 11.3 Å². The first-order chi connectivity index (χ1) is 8.33. The van der Waals surface area contributed by atoms with Crippen LogP contribution in [0.25, 0.3) is 11.0 Å². The van der Waals surface area contributed by atoms with Crippen molar-refractivity contribution in [3.8, 4) is 0 Å². The number of rotatable bonds is 5. The largest absolute Gasteiger partial charge is 0.355 e. The molecule has 17 heavy (non-hydrogen) atoms. The number of hydrogen-bond acceptors (Lipinski definition) is 5. The second kappa shape index (κ2) is 5.95. The van der Waals surface area contributed by atoms with Crippen LogP contribution in [-0.4, -0.2) is 36.2 Å². The van der Waals surface area contributed by atoms with Crippen molar-refractivity contribution < 1.29 is 9.47 Å². The quantitative estimate of drug-likeness (QED) is 0.602. The molecule has 0 atom stereocenters. The highest BCUT2D eigenvalue weighted by atomic mass is 32.2. The molecule has 0 amide bonds. The maximum atomic E-state index is 5.12. The topological polar surface area (TPSA) is 44.2 Å². The first-order valence-electron chi connectivity index (χ1n) is 5.23. The van der Waals surface area contributed by atoms with E-state index in [2.05, 4.69) is 9.97 Å². The van der Waals surface area contributed by atoms with Crippen molar-refractivity contribution in [1.82, 2.24) is 9.97 Å². The van der Waals surface area contributed by atoms with E-state index in [0.29, 0.717) is 5.75 Å². The van der Waals surface area contributed by atoms with E-state index in [9.17, 15) is 0 Å². The molecule has 90 valence electrons. The Balaban J connectivity index is 2.09. The number of benzene rings is 1. The average molecular weight is 250 g/mol. The van der Waals surface area contributed by atoms with E-state index >= 15 is 0 Å². The molecule has 2 aromatic rings. The summed E-state index contributed by atoms with van der Waals surface area (Å²) >= 11 is 1.57. The van der Waals surface area contributed by atoms with Crippen LogP contribution in [0.15, 0.2) is 35.5 Å². The van der Waals surface area contributed by atoms with Gasteiger partial charge in [-0.15, -0.1) is 0 Å². The zero-order valence-corrected chi connectivity index (χ0v) is 10.6. The van der Waals surface area contributed by atoms with Crippen LogP contribution in [0.2, 0.25) is 0 Å². The van der Waals surface area contributed by atoms with Gasteiger partial charge in [0.1, 0.15) is 5.03 Å².